The maximum Gasteiger partial charge on any atom is 0.435 e. The van der Waals surface area contributed by atoms with E-state index in [4.69, 9.17) is 4.74 Å². The molecule has 78 valence electrons. The lowest BCUT2D eigenvalue weighted by molar-refractivity contribution is 0.144. The molecule has 1 heterocycles. The summed E-state index contributed by atoms with van der Waals surface area (Å²) in [5, 5.41) is 0.749. The van der Waals surface area contributed by atoms with Gasteiger partial charge in [-0.05, 0) is 6.42 Å². The normalized spacial score (nSPS) is 20.7. The summed E-state index contributed by atoms with van der Waals surface area (Å²) in [5.41, 5.74) is 0.864. The molecular formula is C11H11NO2S. The van der Waals surface area contributed by atoms with Crippen molar-refractivity contribution in [2.75, 3.05) is 0 Å². The monoisotopic (exact) mass is 221 g/mol. The molecule has 4 heteroatoms. The van der Waals surface area contributed by atoms with Gasteiger partial charge in [0.05, 0.1) is 0 Å². The van der Waals surface area contributed by atoms with Crippen LogP contribution in [0.2, 0.25) is 0 Å². The summed E-state index contributed by atoms with van der Waals surface area (Å²) in [7, 11) is 0. The number of hydrogen-bond acceptors (Lipinski definition) is 3. The van der Waals surface area contributed by atoms with Crippen molar-refractivity contribution in [3.05, 3.63) is 35.9 Å². The van der Waals surface area contributed by atoms with Crippen LogP contribution in [0.4, 0.5) is 4.79 Å². The van der Waals surface area contributed by atoms with Crippen molar-refractivity contribution < 1.29 is 9.53 Å². The van der Waals surface area contributed by atoms with Gasteiger partial charge in [0.15, 0.2) is 5.44 Å². The lowest BCUT2D eigenvalue weighted by Crippen LogP contribution is -2.20. The molecule has 2 rings (SSSR count). The van der Waals surface area contributed by atoms with Gasteiger partial charge in [0.1, 0.15) is 5.04 Å². The number of thioether (sulfide) groups is 1. The molecule has 0 aliphatic carbocycles. The Morgan fingerprint density at radius 3 is 2.80 bits per heavy atom. The number of benzene rings is 1. The first kappa shape index (κ1) is 10.2. The molecule has 1 atom stereocenters. The third-order valence-electron chi connectivity index (χ3n) is 2.02. The van der Waals surface area contributed by atoms with Crippen LogP contribution in [0.3, 0.4) is 0 Å². The predicted octanol–water partition coefficient (Wildman–Crippen LogP) is 3.05. The highest BCUT2D eigenvalue weighted by atomic mass is 32.2. The van der Waals surface area contributed by atoms with E-state index in [0.717, 1.165) is 17.0 Å². The molecular weight excluding hydrogens is 210 g/mol. The highest BCUT2D eigenvalue weighted by Gasteiger charge is 2.22. The highest BCUT2D eigenvalue weighted by Crippen LogP contribution is 2.26. The summed E-state index contributed by atoms with van der Waals surface area (Å²) >= 11 is 1.50. The number of amides is 1. The van der Waals surface area contributed by atoms with Crippen LogP contribution in [0.1, 0.15) is 18.9 Å². The van der Waals surface area contributed by atoms with Crippen LogP contribution >= 0.6 is 11.8 Å². The summed E-state index contributed by atoms with van der Waals surface area (Å²) in [6.45, 7) is 1.98. The number of aliphatic imine (C=N–C) groups is 1. The Kier molecular flexibility index (Phi) is 3.06. The summed E-state index contributed by atoms with van der Waals surface area (Å²) in [6.07, 6.45) is 0.307. The molecule has 0 radical (unpaired) electrons. The Labute approximate surface area is 92.5 Å². The maximum atomic E-state index is 11.2. The van der Waals surface area contributed by atoms with Gasteiger partial charge in [0.25, 0.3) is 0 Å². The van der Waals surface area contributed by atoms with E-state index in [1.807, 2.05) is 37.3 Å². The molecule has 1 aromatic carbocycles. The maximum absolute atomic E-state index is 11.2. The molecule has 0 saturated carbocycles. The van der Waals surface area contributed by atoms with Crippen LogP contribution in [-0.4, -0.2) is 16.6 Å². The van der Waals surface area contributed by atoms with Crippen molar-refractivity contribution >= 4 is 22.9 Å². The fourth-order valence-electron chi connectivity index (χ4n) is 1.28. The second kappa shape index (κ2) is 4.49. The zero-order valence-corrected chi connectivity index (χ0v) is 9.16. The standard InChI is InChI=1S/C11H11NO2S/c1-2-9-14-11(13)12-10(15-9)8-6-4-3-5-7-8/h3-7,9H,2H2,1H3. The fraction of sp³-hybridized carbons (Fsp3) is 0.273. The molecule has 0 bridgehead atoms. The van der Waals surface area contributed by atoms with Gasteiger partial charge in [0.2, 0.25) is 0 Å². The molecule has 1 aromatic rings. The minimum absolute atomic E-state index is 0.106. The third kappa shape index (κ3) is 2.39. The molecule has 1 unspecified atom stereocenters. The van der Waals surface area contributed by atoms with Gasteiger partial charge in [-0.3, -0.25) is 0 Å². The predicted molar refractivity (Wildman–Crippen MR) is 61.1 cm³/mol. The van der Waals surface area contributed by atoms with Crippen LogP contribution in [0.5, 0.6) is 0 Å². The summed E-state index contributed by atoms with van der Waals surface area (Å²) < 4.78 is 5.02. The minimum atomic E-state index is -0.487. The first-order valence-corrected chi connectivity index (χ1v) is 5.69. The Bertz CT molecular complexity index is 389. The molecule has 1 aliphatic heterocycles. The van der Waals surface area contributed by atoms with Gasteiger partial charge in [0, 0.05) is 5.56 Å². The Hall–Kier alpha value is -1.29. The van der Waals surface area contributed by atoms with Crippen molar-refractivity contribution in [3.63, 3.8) is 0 Å². The van der Waals surface area contributed by atoms with Gasteiger partial charge in [-0.25, -0.2) is 4.79 Å². The molecule has 0 fully saturated rings. The number of ether oxygens (including phenoxy) is 1. The van der Waals surface area contributed by atoms with Crippen LogP contribution in [0.15, 0.2) is 35.3 Å². The molecule has 15 heavy (non-hydrogen) atoms. The van der Waals surface area contributed by atoms with Crippen molar-refractivity contribution in [1.29, 1.82) is 0 Å². The van der Waals surface area contributed by atoms with Gasteiger partial charge in [-0.15, -0.1) is 0 Å². The Morgan fingerprint density at radius 2 is 2.13 bits per heavy atom. The van der Waals surface area contributed by atoms with Crippen LogP contribution in [0, 0.1) is 0 Å². The van der Waals surface area contributed by atoms with E-state index in [1.54, 1.807) is 0 Å². The van der Waals surface area contributed by atoms with E-state index in [0.29, 0.717) is 0 Å². The largest absolute Gasteiger partial charge is 0.435 e. The summed E-state index contributed by atoms with van der Waals surface area (Å²) in [4.78, 5) is 15.1. The Balaban J connectivity index is 2.26. The lowest BCUT2D eigenvalue weighted by atomic mass is 10.2. The smallest absolute Gasteiger partial charge is 0.433 e. The minimum Gasteiger partial charge on any atom is -0.433 e. The molecule has 0 N–H and O–H groups in total. The van der Waals surface area contributed by atoms with E-state index in [-0.39, 0.29) is 5.44 Å². The van der Waals surface area contributed by atoms with Crippen LogP contribution < -0.4 is 0 Å². The molecule has 0 saturated heterocycles. The van der Waals surface area contributed by atoms with Crippen molar-refractivity contribution in [1.82, 2.24) is 0 Å². The van der Waals surface area contributed by atoms with E-state index >= 15 is 0 Å². The molecule has 1 aliphatic rings. The van der Waals surface area contributed by atoms with Crippen LogP contribution in [0.25, 0.3) is 0 Å². The highest BCUT2D eigenvalue weighted by molar-refractivity contribution is 8.14. The molecule has 0 spiro atoms. The Morgan fingerprint density at radius 1 is 1.40 bits per heavy atom. The number of cyclic esters (lactones) is 1. The lowest BCUT2D eigenvalue weighted by Gasteiger charge is -2.19. The SMILES string of the molecule is CCC1OC(=O)N=C(c2ccccc2)S1. The number of carbonyl (C=O) groups is 1. The number of hydrogen-bond donors (Lipinski definition) is 0. The molecule has 3 nitrogen and oxygen atoms in total. The van der Waals surface area contributed by atoms with Crippen LogP contribution in [-0.2, 0) is 4.74 Å². The van der Waals surface area contributed by atoms with E-state index in [9.17, 15) is 4.79 Å². The number of carbonyl (C=O) groups excluding carboxylic acids is 1. The quantitative estimate of drug-likeness (QED) is 0.770. The zero-order chi connectivity index (χ0) is 10.7. The summed E-state index contributed by atoms with van der Waals surface area (Å²) in [6, 6.07) is 9.68. The molecule has 1 amide bonds. The second-order valence-corrected chi connectivity index (χ2v) is 4.27. The van der Waals surface area contributed by atoms with E-state index in [1.165, 1.54) is 11.8 Å². The first-order chi connectivity index (χ1) is 7.29. The van der Waals surface area contributed by atoms with Gasteiger partial charge >= 0.3 is 6.09 Å². The average Bonchev–Trinajstić information content (AvgIpc) is 2.29. The van der Waals surface area contributed by atoms with Crippen molar-refractivity contribution in [2.45, 2.75) is 18.8 Å². The summed E-state index contributed by atoms with van der Waals surface area (Å²) in [5.74, 6) is 0. The zero-order valence-electron chi connectivity index (χ0n) is 8.34. The van der Waals surface area contributed by atoms with Crippen molar-refractivity contribution in [2.24, 2.45) is 4.99 Å². The number of rotatable bonds is 2. The first-order valence-electron chi connectivity index (χ1n) is 4.81. The van der Waals surface area contributed by atoms with E-state index < -0.39 is 6.09 Å². The molecule has 0 aromatic heterocycles. The third-order valence-corrected chi connectivity index (χ3v) is 3.26. The van der Waals surface area contributed by atoms with E-state index in [2.05, 4.69) is 4.99 Å². The van der Waals surface area contributed by atoms with Gasteiger partial charge in [-0.2, -0.15) is 4.99 Å². The van der Waals surface area contributed by atoms with Gasteiger partial charge in [-0.1, -0.05) is 49.0 Å². The van der Waals surface area contributed by atoms with Crippen molar-refractivity contribution in [3.8, 4) is 0 Å². The fourth-order valence-corrected chi connectivity index (χ4v) is 2.22. The second-order valence-electron chi connectivity index (χ2n) is 3.12. The topological polar surface area (TPSA) is 38.7 Å². The average molecular weight is 221 g/mol. The number of nitrogens with zero attached hydrogens (tertiary/aromatic N) is 1. The van der Waals surface area contributed by atoms with Gasteiger partial charge < -0.3 is 4.74 Å².